The number of fused-ring (bicyclic) bond motifs is 1. The lowest BCUT2D eigenvalue weighted by molar-refractivity contribution is -0.134. The van der Waals surface area contributed by atoms with Crippen LogP contribution >= 0.6 is 0 Å². The topological polar surface area (TPSA) is 79.3 Å². The number of hydrogen-bond acceptors (Lipinski definition) is 5. The molecule has 3 heterocycles. The highest BCUT2D eigenvalue weighted by molar-refractivity contribution is 6.02. The van der Waals surface area contributed by atoms with E-state index in [4.69, 9.17) is 0 Å². The number of hydrogen-bond donors (Lipinski definition) is 2. The van der Waals surface area contributed by atoms with Crippen LogP contribution in [0.15, 0.2) is 18.2 Å². The van der Waals surface area contributed by atoms with Crippen molar-refractivity contribution in [2.24, 2.45) is 7.05 Å². The minimum atomic E-state index is -0.355. The van der Waals surface area contributed by atoms with E-state index in [0.717, 1.165) is 36.2 Å². The lowest BCUT2D eigenvalue weighted by Gasteiger charge is -2.33. The molecule has 2 fully saturated rings. The minimum Gasteiger partial charge on any atom is -0.369 e. The Kier molecular flexibility index (Phi) is 3.95. The second kappa shape index (κ2) is 6.15. The van der Waals surface area contributed by atoms with Crippen LogP contribution in [0.1, 0.15) is 31.4 Å². The molecule has 4 rings (SSSR count). The van der Waals surface area contributed by atoms with Crippen LogP contribution in [0.3, 0.4) is 0 Å². The molecule has 132 valence electrons. The zero-order valence-corrected chi connectivity index (χ0v) is 14.6. The van der Waals surface area contributed by atoms with E-state index in [-0.39, 0.29) is 17.7 Å². The van der Waals surface area contributed by atoms with Crippen molar-refractivity contribution in [1.82, 2.24) is 20.4 Å². The fourth-order valence-corrected chi connectivity index (χ4v) is 3.85. The first-order valence-electron chi connectivity index (χ1n) is 8.81. The van der Waals surface area contributed by atoms with Crippen LogP contribution in [0.4, 0.5) is 5.69 Å². The number of benzene rings is 1. The summed E-state index contributed by atoms with van der Waals surface area (Å²) >= 11 is 0. The summed E-state index contributed by atoms with van der Waals surface area (Å²) in [5, 5.41) is 11.5. The summed E-state index contributed by atoms with van der Waals surface area (Å²) in [6.45, 7) is 5.12. The van der Waals surface area contributed by atoms with Crippen molar-refractivity contribution in [2.45, 2.75) is 31.7 Å². The lowest BCUT2D eigenvalue weighted by Crippen LogP contribution is -2.49. The number of imide groups is 1. The Morgan fingerprint density at radius 2 is 2.12 bits per heavy atom. The van der Waals surface area contributed by atoms with Gasteiger partial charge in [0.15, 0.2) is 0 Å². The molecule has 2 aliphatic rings. The molecule has 7 nitrogen and oxygen atoms in total. The summed E-state index contributed by atoms with van der Waals surface area (Å²) in [4.78, 5) is 26.0. The van der Waals surface area contributed by atoms with Gasteiger partial charge in [0.1, 0.15) is 0 Å². The summed E-state index contributed by atoms with van der Waals surface area (Å²) in [5.74, 6) is -0.792. The number of piperidine rings is 1. The van der Waals surface area contributed by atoms with E-state index >= 15 is 0 Å². The smallest absolute Gasteiger partial charge is 0.235 e. The first kappa shape index (κ1) is 16.1. The quantitative estimate of drug-likeness (QED) is 0.793. The number of nitrogens with one attached hydrogen (secondary N) is 2. The Balaban J connectivity index is 1.69. The highest BCUT2D eigenvalue weighted by Crippen LogP contribution is 2.32. The third-order valence-corrected chi connectivity index (χ3v) is 5.17. The molecular weight excluding hydrogens is 318 g/mol. The van der Waals surface area contributed by atoms with Crippen LogP contribution in [-0.4, -0.2) is 47.3 Å². The van der Waals surface area contributed by atoms with E-state index < -0.39 is 0 Å². The Labute approximate surface area is 146 Å². The number of carbonyl (C=O) groups excluding carboxylic acids is 2. The van der Waals surface area contributed by atoms with Gasteiger partial charge in [-0.25, -0.2) is 0 Å². The zero-order chi connectivity index (χ0) is 17.6. The highest BCUT2D eigenvalue weighted by Gasteiger charge is 2.31. The van der Waals surface area contributed by atoms with E-state index in [9.17, 15) is 9.59 Å². The molecule has 0 bridgehead atoms. The molecule has 2 saturated heterocycles. The molecule has 1 aromatic carbocycles. The molecule has 0 spiro atoms. The normalized spacial score (nSPS) is 24.6. The maximum Gasteiger partial charge on any atom is 0.235 e. The Hall–Kier alpha value is -2.41. The average Bonchev–Trinajstić information content (AvgIpc) is 2.91. The van der Waals surface area contributed by atoms with Gasteiger partial charge in [0.2, 0.25) is 11.8 Å². The summed E-state index contributed by atoms with van der Waals surface area (Å²) in [6.07, 6.45) is 0.888. The molecule has 25 heavy (non-hydrogen) atoms. The number of nitrogens with zero attached hydrogens (tertiary/aromatic N) is 3. The number of amides is 2. The molecular formula is C18H23N5O2. The molecule has 2 aliphatic heterocycles. The maximum absolute atomic E-state index is 12.2. The van der Waals surface area contributed by atoms with Crippen LogP contribution in [0.5, 0.6) is 0 Å². The van der Waals surface area contributed by atoms with Gasteiger partial charge in [0.05, 0.1) is 17.1 Å². The van der Waals surface area contributed by atoms with Gasteiger partial charge in [0, 0.05) is 50.2 Å². The van der Waals surface area contributed by atoms with Gasteiger partial charge in [-0.3, -0.25) is 19.6 Å². The number of piperazine rings is 1. The van der Waals surface area contributed by atoms with Gasteiger partial charge in [0.25, 0.3) is 0 Å². The van der Waals surface area contributed by atoms with Gasteiger partial charge in [-0.1, -0.05) is 0 Å². The fraction of sp³-hybridized carbons (Fsp3) is 0.500. The predicted molar refractivity (Wildman–Crippen MR) is 95.5 cm³/mol. The molecule has 2 N–H and O–H groups in total. The largest absolute Gasteiger partial charge is 0.369 e. The predicted octanol–water partition coefficient (Wildman–Crippen LogP) is 0.892. The van der Waals surface area contributed by atoms with Crippen LogP contribution in [0.2, 0.25) is 0 Å². The first-order valence-corrected chi connectivity index (χ1v) is 8.81. The van der Waals surface area contributed by atoms with E-state index in [1.165, 1.54) is 5.69 Å². The monoisotopic (exact) mass is 341 g/mol. The molecule has 1 aromatic heterocycles. The van der Waals surface area contributed by atoms with Crippen LogP contribution < -0.4 is 15.5 Å². The highest BCUT2D eigenvalue weighted by atomic mass is 16.2. The van der Waals surface area contributed by atoms with E-state index in [2.05, 4.69) is 45.8 Å². The third-order valence-electron chi connectivity index (χ3n) is 5.17. The average molecular weight is 341 g/mol. The number of rotatable bonds is 2. The van der Waals surface area contributed by atoms with E-state index in [0.29, 0.717) is 18.9 Å². The van der Waals surface area contributed by atoms with Crippen LogP contribution in [0.25, 0.3) is 10.9 Å². The van der Waals surface area contributed by atoms with E-state index in [1.54, 1.807) is 0 Å². The van der Waals surface area contributed by atoms with Gasteiger partial charge in [-0.15, -0.1) is 0 Å². The van der Waals surface area contributed by atoms with Crippen molar-refractivity contribution in [3.05, 3.63) is 23.9 Å². The van der Waals surface area contributed by atoms with Crippen molar-refractivity contribution in [1.29, 1.82) is 0 Å². The molecule has 2 amide bonds. The molecule has 7 heteroatoms. The van der Waals surface area contributed by atoms with Gasteiger partial charge in [-0.2, -0.15) is 5.10 Å². The van der Waals surface area contributed by atoms with Crippen molar-refractivity contribution in [3.8, 4) is 0 Å². The van der Waals surface area contributed by atoms with Crippen molar-refractivity contribution < 1.29 is 9.59 Å². The van der Waals surface area contributed by atoms with Crippen LogP contribution in [-0.2, 0) is 16.6 Å². The maximum atomic E-state index is 12.2. The Morgan fingerprint density at radius 3 is 2.88 bits per heavy atom. The SMILES string of the molecule is C[C@H]1CN(c2ccc3c(C4CCC(=O)NC4=O)nn(C)c3c2)CCN1. The summed E-state index contributed by atoms with van der Waals surface area (Å²) in [7, 11) is 1.90. The molecule has 1 unspecified atom stereocenters. The molecule has 0 saturated carbocycles. The minimum absolute atomic E-state index is 0.198. The van der Waals surface area contributed by atoms with Gasteiger partial charge in [-0.05, 0) is 31.5 Å². The zero-order valence-electron chi connectivity index (χ0n) is 14.6. The summed E-state index contributed by atoms with van der Waals surface area (Å²) in [6, 6.07) is 6.78. The van der Waals surface area contributed by atoms with Crippen molar-refractivity contribution >= 4 is 28.4 Å². The number of aromatic nitrogens is 2. The second-order valence-corrected chi connectivity index (χ2v) is 7.02. The Morgan fingerprint density at radius 1 is 1.28 bits per heavy atom. The van der Waals surface area contributed by atoms with Gasteiger partial charge >= 0.3 is 0 Å². The van der Waals surface area contributed by atoms with Crippen molar-refractivity contribution in [3.63, 3.8) is 0 Å². The summed E-state index contributed by atoms with van der Waals surface area (Å²) in [5.41, 5.74) is 2.96. The van der Waals surface area contributed by atoms with E-state index in [1.807, 2.05) is 11.7 Å². The van der Waals surface area contributed by atoms with Crippen LogP contribution in [0, 0.1) is 0 Å². The third kappa shape index (κ3) is 2.89. The summed E-state index contributed by atoms with van der Waals surface area (Å²) < 4.78 is 1.84. The van der Waals surface area contributed by atoms with Gasteiger partial charge < -0.3 is 10.2 Å². The Bertz CT molecular complexity index is 843. The molecule has 2 atom stereocenters. The fourth-order valence-electron chi connectivity index (χ4n) is 3.85. The number of carbonyl (C=O) groups is 2. The molecule has 0 aliphatic carbocycles. The second-order valence-electron chi connectivity index (χ2n) is 7.02. The van der Waals surface area contributed by atoms with Crippen molar-refractivity contribution in [2.75, 3.05) is 24.5 Å². The first-order chi connectivity index (χ1) is 12.0. The lowest BCUT2D eigenvalue weighted by atomic mass is 9.93. The molecule has 0 radical (unpaired) electrons. The number of aryl methyl sites for hydroxylation is 1. The standard InChI is InChI=1S/C18H23N5O2/c1-11-10-23(8-7-19-11)12-3-4-13-15(9-12)22(2)21-17(13)14-5-6-16(24)20-18(14)25/h3-4,9,11,14,19H,5-8,10H2,1-2H3,(H,20,24,25)/t11-,14?/m0/s1. The number of anilines is 1. The molecule has 2 aromatic rings.